The van der Waals surface area contributed by atoms with Crippen molar-refractivity contribution in [1.29, 1.82) is 0 Å². The molecule has 0 aliphatic carbocycles. The molecule has 0 amide bonds. The molecular formula is C8H13ClO3. The number of carbonyl (C=O) groups excluding carboxylic acids is 1. The molecule has 4 heteroatoms. The van der Waals surface area contributed by atoms with Crippen molar-refractivity contribution in [2.24, 2.45) is 0 Å². The van der Waals surface area contributed by atoms with Gasteiger partial charge in [0.2, 0.25) is 0 Å². The highest BCUT2D eigenvalue weighted by Gasteiger charge is 2.60. The molecule has 70 valence electrons. The Bertz CT molecular complexity index is 183. The summed E-state index contributed by atoms with van der Waals surface area (Å²) in [4.78, 5) is 11.1. The van der Waals surface area contributed by atoms with Gasteiger partial charge >= 0.3 is 5.97 Å². The normalized spacial score (nSPS) is 33.1. The number of esters is 1. The van der Waals surface area contributed by atoms with Crippen molar-refractivity contribution in [1.82, 2.24) is 0 Å². The average Bonchev–Trinajstić information content (AvgIpc) is 2.64. The van der Waals surface area contributed by atoms with Crippen LogP contribution in [0.3, 0.4) is 0 Å². The lowest BCUT2D eigenvalue weighted by Gasteiger charge is -2.00. The third kappa shape index (κ3) is 1.90. The number of carbonyl (C=O) groups is 1. The van der Waals surface area contributed by atoms with E-state index in [-0.39, 0.29) is 5.97 Å². The lowest BCUT2D eigenvalue weighted by Crippen LogP contribution is -2.18. The highest BCUT2D eigenvalue weighted by Crippen LogP contribution is 2.45. The zero-order chi connectivity index (χ0) is 9.19. The Morgan fingerprint density at radius 1 is 1.67 bits per heavy atom. The summed E-state index contributed by atoms with van der Waals surface area (Å²) in [6.45, 7) is 4.13. The fourth-order valence-corrected chi connectivity index (χ4v) is 1.50. The Morgan fingerprint density at radius 3 is 2.83 bits per heavy atom. The highest BCUT2D eigenvalue weighted by molar-refractivity contribution is 6.27. The number of alkyl halides is 1. The van der Waals surface area contributed by atoms with Crippen LogP contribution < -0.4 is 0 Å². The summed E-state index contributed by atoms with van der Waals surface area (Å²) < 4.78 is 9.81. The summed E-state index contributed by atoms with van der Waals surface area (Å²) in [5, 5.41) is -0.763. The molecule has 0 bridgehead atoms. The van der Waals surface area contributed by atoms with Crippen molar-refractivity contribution in [2.45, 2.75) is 37.9 Å². The van der Waals surface area contributed by atoms with E-state index < -0.39 is 11.2 Å². The summed E-state index contributed by atoms with van der Waals surface area (Å²) in [6, 6.07) is 0. The standard InChI is InChI=1S/C8H13ClO3/c1-3-5-8(9)6(12-8)7(10)11-4-2/h6H,3-5H2,1-2H3. The molecule has 0 radical (unpaired) electrons. The molecule has 0 aromatic rings. The minimum absolute atomic E-state index is 0.346. The third-order valence-electron chi connectivity index (χ3n) is 1.74. The van der Waals surface area contributed by atoms with Crippen LogP contribution in [-0.4, -0.2) is 23.7 Å². The molecule has 1 aliphatic rings. The quantitative estimate of drug-likeness (QED) is 0.387. The molecule has 1 heterocycles. The molecule has 0 N–H and O–H groups in total. The van der Waals surface area contributed by atoms with Gasteiger partial charge in [0.1, 0.15) is 0 Å². The van der Waals surface area contributed by atoms with Gasteiger partial charge in [-0.25, -0.2) is 4.79 Å². The molecular weight excluding hydrogens is 180 g/mol. The summed E-state index contributed by atoms with van der Waals surface area (Å²) in [6.07, 6.45) is 1.05. The fourth-order valence-electron chi connectivity index (χ4n) is 1.13. The number of epoxide rings is 1. The zero-order valence-corrected chi connectivity index (χ0v) is 8.06. The molecule has 1 fully saturated rings. The van der Waals surface area contributed by atoms with Gasteiger partial charge in [-0.2, -0.15) is 0 Å². The minimum Gasteiger partial charge on any atom is -0.464 e. The lowest BCUT2D eigenvalue weighted by atomic mass is 10.2. The van der Waals surface area contributed by atoms with E-state index in [9.17, 15) is 4.79 Å². The largest absolute Gasteiger partial charge is 0.464 e. The summed E-state index contributed by atoms with van der Waals surface area (Å²) in [7, 11) is 0. The van der Waals surface area contributed by atoms with Crippen molar-refractivity contribution >= 4 is 17.6 Å². The van der Waals surface area contributed by atoms with Crippen LogP contribution in [0.1, 0.15) is 26.7 Å². The summed E-state index contributed by atoms with van der Waals surface area (Å²) in [5.74, 6) is -0.346. The molecule has 1 saturated heterocycles. The second-order valence-corrected chi connectivity index (χ2v) is 3.43. The van der Waals surface area contributed by atoms with Gasteiger partial charge in [-0.05, 0) is 13.3 Å². The van der Waals surface area contributed by atoms with E-state index in [4.69, 9.17) is 21.1 Å². The lowest BCUT2D eigenvalue weighted by molar-refractivity contribution is -0.144. The zero-order valence-electron chi connectivity index (χ0n) is 7.30. The molecule has 12 heavy (non-hydrogen) atoms. The number of hydrogen-bond donors (Lipinski definition) is 0. The van der Waals surface area contributed by atoms with E-state index in [1.54, 1.807) is 6.92 Å². The van der Waals surface area contributed by atoms with Crippen LogP contribution in [0, 0.1) is 0 Å². The van der Waals surface area contributed by atoms with Crippen LogP contribution in [0.25, 0.3) is 0 Å². The van der Waals surface area contributed by atoms with Crippen molar-refractivity contribution in [3.63, 3.8) is 0 Å². The Hall–Kier alpha value is -0.280. The maximum atomic E-state index is 11.1. The van der Waals surface area contributed by atoms with Gasteiger partial charge in [-0.1, -0.05) is 24.9 Å². The molecule has 1 aliphatic heterocycles. The molecule has 0 saturated carbocycles. The topological polar surface area (TPSA) is 38.8 Å². The van der Waals surface area contributed by atoms with Gasteiger partial charge in [0, 0.05) is 0 Å². The van der Waals surface area contributed by atoms with Crippen molar-refractivity contribution in [3.8, 4) is 0 Å². The predicted octanol–water partition coefficient (Wildman–Crippen LogP) is 1.68. The Labute approximate surface area is 77.0 Å². The second-order valence-electron chi connectivity index (χ2n) is 2.79. The van der Waals surface area contributed by atoms with Crippen LogP contribution in [0.4, 0.5) is 0 Å². The van der Waals surface area contributed by atoms with E-state index in [0.717, 1.165) is 6.42 Å². The average molecular weight is 193 g/mol. The summed E-state index contributed by atoms with van der Waals surface area (Å²) >= 11 is 5.92. The van der Waals surface area contributed by atoms with E-state index in [0.29, 0.717) is 13.0 Å². The second kappa shape index (κ2) is 3.62. The van der Waals surface area contributed by atoms with Crippen LogP contribution in [0.2, 0.25) is 0 Å². The van der Waals surface area contributed by atoms with Gasteiger partial charge in [0.15, 0.2) is 11.2 Å². The molecule has 0 aromatic carbocycles. The predicted molar refractivity (Wildman–Crippen MR) is 45.0 cm³/mol. The van der Waals surface area contributed by atoms with Gasteiger partial charge in [-0.3, -0.25) is 0 Å². The third-order valence-corrected chi connectivity index (χ3v) is 2.22. The van der Waals surface area contributed by atoms with E-state index in [1.165, 1.54) is 0 Å². The number of halogens is 1. The van der Waals surface area contributed by atoms with E-state index >= 15 is 0 Å². The SMILES string of the molecule is CCCC1(Cl)OC1C(=O)OCC. The number of rotatable bonds is 4. The molecule has 2 unspecified atom stereocenters. The number of ether oxygens (including phenoxy) is 2. The van der Waals surface area contributed by atoms with E-state index in [2.05, 4.69) is 0 Å². The van der Waals surface area contributed by atoms with E-state index in [1.807, 2.05) is 6.92 Å². The van der Waals surface area contributed by atoms with Crippen LogP contribution in [-0.2, 0) is 14.3 Å². The fraction of sp³-hybridized carbons (Fsp3) is 0.875. The monoisotopic (exact) mass is 192 g/mol. The first-order chi connectivity index (χ1) is 5.64. The highest BCUT2D eigenvalue weighted by atomic mass is 35.5. The van der Waals surface area contributed by atoms with Crippen LogP contribution >= 0.6 is 11.6 Å². The van der Waals surface area contributed by atoms with Gasteiger partial charge < -0.3 is 9.47 Å². The van der Waals surface area contributed by atoms with Crippen molar-refractivity contribution in [2.75, 3.05) is 6.61 Å². The first kappa shape index (κ1) is 9.81. The van der Waals surface area contributed by atoms with Crippen LogP contribution in [0.5, 0.6) is 0 Å². The number of hydrogen-bond acceptors (Lipinski definition) is 3. The Kier molecular flexibility index (Phi) is 2.96. The van der Waals surface area contributed by atoms with Gasteiger partial charge in [0.05, 0.1) is 6.61 Å². The van der Waals surface area contributed by atoms with Crippen LogP contribution in [0.15, 0.2) is 0 Å². The van der Waals surface area contributed by atoms with Crippen molar-refractivity contribution < 1.29 is 14.3 Å². The Balaban J connectivity index is 2.34. The minimum atomic E-state index is -0.763. The molecule has 0 aromatic heterocycles. The Morgan fingerprint density at radius 2 is 2.33 bits per heavy atom. The smallest absolute Gasteiger partial charge is 0.339 e. The van der Waals surface area contributed by atoms with Gasteiger partial charge in [-0.15, -0.1) is 0 Å². The van der Waals surface area contributed by atoms with Crippen molar-refractivity contribution in [3.05, 3.63) is 0 Å². The molecule has 2 atom stereocenters. The van der Waals surface area contributed by atoms with Gasteiger partial charge in [0.25, 0.3) is 0 Å². The summed E-state index contributed by atoms with van der Waals surface area (Å²) in [5.41, 5.74) is 0. The molecule has 0 spiro atoms. The first-order valence-corrected chi connectivity index (χ1v) is 4.55. The first-order valence-electron chi connectivity index (χ1n) is 4.17. The maximum Gasteiger partial charge on any atom is 0.339 e. The molecule has 1 rings (SSSR count). The molecule has 3 nitrogen and oxygen atoms in total. The maximum absolute atomic E-state index is 11.1.